The molecule has 0 amide bonds. The Labute approximate surface area is 592 Å². The van der Waals surface area contributed by atoms with Gasteiger partial charge in [-0.1, -0.05) is 265 Å². The summed E-state index contributed by atoms with van der Waals surface area (Å²) in [6.07, 6.45) is 0. The van der Waals surface area contributed by atoms with Crippen molar-refractivity contribution >= 4 is 13.9 Å². The summed E-state index contributed by atoms with van der Waals surface area (Å²) in [7, 11) is 0. The molecule has 4 saturated heterocycles. The fourth-order valence-electron chi connectivity index (χ4n) is 17.1. The topological polar surface area (TPSA) is 73.8 Å². The molecule has 0 radical (unpaired) electrons. The van der Waals surface area contributed by atoms with Crippen molar-refractivity contribution in [3.63, 3.8) is 0 Å². The molecule has 10 heteroatoms. The molecule has 0 bridgehead atoms. The molecule has 6 spiro atoms. The second-order valence-electron chi connectivity index (χ2n) is 35.8. The zero-order chi connectivity index (χ0) is 67.6. The Hall–Kier alpha value is -7.13. The number of rotatable bonds is 0. The maximum atomic E-state index is 6.96. The van der Waals surface area contributed by atoms with E-state index in [4.69, 9.17) is 37.2 Å². The van der Waals surface area contributed by atoms with Crippen LogP contribution in [-0.4, -0.2) is 66.8 Å². The van der Waals surface area contributed by atoms with Gasteiger partial charge in [-0.15, -0.1) is 0 Å². The third-order valence-corrected chi connectivity index (χ3v) is 23.3. The van der Waals surface area contributed by atoms with E-state index in [0.717, 1.165) is 33.4 Å². The quantitative estimate of drug-likeness (QED) is 0.0845. The summed E-state index contributed by atoms with van der Waals surface area (Å²) in [5.41, 5.74) is 26.5. The first-order valence-corrected chi connectivity index (χ1v) is 35.2. The standard InChI is InChI=1S/C86H94B2O8.CH4.2CH3/c1-77(2,3)55-23-31-71-63(39-55)61-37-53(21-29-69(61)83(71)45-89-87(90-46-83)93-49-85(50-94-87)73-33-25-57(79(7,8)9)41-65(73)66-42-58(80(10,11)12)26-34-74(66)85)19-20-54-22-30-70-62(38-54)64-40-56(78(4,5)6)24-32-72(64)84(70)47-91-88(92-48-84)95-51-86(52-96-88)75-35-27-59(81(13,14)15)43-67(75)68-44-60(82(16,17)18)28-36-76(68)86;;;/h21-44H,45-52H2,1-18H3;1H4;2*1H3/q-2;;2*+1. The molecule has 4 fully saturated rings. The van der Waals surface area contributed by atoms with Crippen molar-refractivity contribution in [2.45, 2.75) is 186 Å². The Kier molecular flexibility index (Phi) is 16.3. The Morgan fingerprint density at radius 1 is 0.242 bits per heavy atom. The fourth-order valence-corrected chi connectivity index (χ4v) is 17.1. The lowest BCUT2D eigenvalue weighted by Crippen LogP contribution is -2.64. The van der Waals surface area contributed by atoms with Crippen LogP contribution in [0.3, 0.4) is 0 Å². The molecule has 8 aliphatic rings. The predicted octanol–water partition coefficient (Wildman–Crippen LogP) is 19.9. The van der Waals surface area contributed by atoms with Gasteiger partial charge in [0.2, 0.25) is 0 Å². The largest absolute Gasteiger partial charge is 0.531 e. The molecule has 514 valence electrons. The van der Waals surface area contributed by atoms with Gasteiger partial charge in [-0.25, -0.2) is 0 Å². The molecule has 4 heterocycles. The molecule has 0 N–H and O–H groups in total. The van der Waals surface area contributed by atoms with E-state index in [1.807, 2.05) is 0 Å². The molecule has 0 saturated carbocycles. The van der Waals surface area contributed by atoms with Crippen LogP contribution in [0.1, 0.15) is 221 Å². The van der Waals surface area contributed by atoms with E-state index < -0.39 is 35.6 Å². The van der Waals surface area contributed by atoms with E-state index in [1.165, 1.54) is 100 Å². The van der Waals surface area contributed by atoms with Crippen LogP contribution in [0.4, 0.5) is 0 Å². The van der Waals surface area contributed by atoms with Crippen LogP contribution in [0.15, 0.2) is 146 Å². The molecule has 8 aromatic rings. The van der Waals surface area contributed by atoms with Gasteiger partial charge in [0.25, 0.3) is 0 Å². The lowest BCUT2D eigenvalue weighted by molar-refractivity contribution is -0.118. The normalized spacial score (nSPS) is 19.5. The minimum absolute atomic E-state index is 0. The van der Waals surface area contributed by atoms with Gasteiger partial charge in [0.15, 0.2) is 0 Å². The van der Waals surface area contributed by atoms with E-state index >= 15 is 0 Å². The van der Waals surface area contributed by atoms with E-state index in [0.29, 0.717) is 52.9 Å². The van der Waals surface area contributed by atoms with Crippen molar-refractivity contribution in [2.24, 2.45) is 0 Å². The summed E-state index contributed by atoms with van der Waals surface area (Å²) < 4.78 is 55.5. The second-order valence-corrected chi connectivity index (χ2v) is 35.8. The van der Waals surface area contributed by atoms with Crippen LogP contribution in [0.5, 0.6) is 0 Å². The van der Waals surface area contributed by atoms with Crippen molar-refractivity contribution in [3.8, 4) is 56.3 Å². The fraction of sp³-hybridized carbons (Fsp3) is 0.416. The number of hydrogen-bond donors (Lipinski definition) is 0. The molecule has 0 aromatic heterocycles. The minimum Gasteiger partial charge on any atom is -0.517 e. The maximum Gasteiger partial charge on any atom is 0.531 e. The molecule has 99 heavy (non-hydrogen) atoms. The van der Waals surface area contributed by atoms with E-state index in [9.17, 15) is 0 Å². The molecule has 0 atom stereocenters. The van der Waals surface area contributed by atoms with Gasteiger partial charge in [-0.2, -0.15) is 0 Å². The van der Waals surface area contributed by atoms with Gasteiger partial charge in [-0.05, 0) is 179 Å². The number of hydrogen-bond acceptors (Lipinski definition) is 8. The lowest BCUT2D eigenvalue weighted by atomic mass is 9.74. The first-order valence-electron chi connectivity index (χ1n) is 35.2. The SMILES string of the molecule is C.CC(C)(C)c1ccc2c(c1)-c1cc(C#Cc3ccc4c(c3)-c3cc(C(C)(C)C)ccc3C43CO[B-]4(OC3)OCC3(CO4)c4ccc(C(C)(C)C)cc4-c4cc(C(C)(C)C)ccc43)ccc1C21CO[B-]2(OC1)OCC1(CO2)c2ccc(C(C)(C)C)cc2-c2cc(C(C)(C)C)ccc21.[CH3+].[CH3+]. The van der Waals surface area contributed by atoms with Crippen LogP contribution < -0.4 is 0 Å². The highest BCUT2D eigenvalue weighted by atomic mass is 16.9. The van der Waals surface area contributed by atoms with Crippen LogP contribution in [0.25, 0.3) is 44.5 Å². The van der Waals surface area contributed by atoms with Crippen LogP contribution >= 0.6 is 0 Å². The summed E-state index contributed by atoms with van der Waals surface area (Å²) in [6.45, 7) is 38.9. The van der Waals surface area contributed by atoms with Gasteiger partial charge in [0.05, 0.1) is 21.7 Å². The predicted molar refractivity (Wildman–Crippen MR) is 407 cm³/mol. The Bertz CT molecular complexity index is 4210. The summed E-state index contributed by atoms with van der Waals surface area (Å²) in [5, 5.41) is 0. The van der Waals surface area contributed by atoms with Gasteiger partial charge >= 0.3 is 13.9 Å². The minimum atomic E-state index is -2.51. The highest BCUT2D eigenvalue weighted by Gasteiger charge is 2.58. The lowest BCUT2D eigenvalue weighted by Gasteiger charge is -2.56. The van der Waals surface area contributed by atoms with Gasteiger partial charge in [0, 0.05) is 78.8 Å². The molecule has 16 rings (SSSR count). The summed E-state index contributed by atoms with van der Waals surface area (Å²) in [4.78, 5) is 0. The molecular formula is C89H104B2O8. The van der Waals surface area contributed by atoms with Crippen LogP contribution in [-0.2, 0) is 91.4 Å². The van der Waals surface area contributed by atoms with Crippen molar-refractivity contribution in [2.75, 3.05) is 52.9 Å². The van der Waals surface area contributed by atoms with Gasteiger partial charge in [0.1, 0.15) is 0 Å². The third kappa shape index (κ3) is 10.8. The maximum absolute atomic E-state index is 6.96. The van der Waals surface area contributed by atoms with Crippen LogP contribution in [0.2, 0.25) is 0 Å². The molecule has 8 nitrogen and oxygen atoms in total. The average molecular weight is 1320 g/mol. The number of fused-ring (bicyclic) bond motifs is 20. The Balaban J connectivity index is 0.00000293. The average Bonchev–Trinajstić information content (AvgIpc) is 1.57. The first kappa shape index (κ1) is 70.3. The van der Waals surface area contributed by atoms with Gasteiger partial charge < -0.3 is 37.2 Å². The van der Waals surface area contributed by atoms with Crippen molar-refractivity contribution in [3.05, 3.63) is 249 Å². The number of benzene rings is 8. The molecule has 8 aromatic carbocycles. The molecule has 4 aliphatic carbocycles. The Morgan fingerprint density at radius 2 is 0.394 bits per heavy atom. The van der Waals surface area contributed by atoms with Crippen molar-refractivity contribution in [1.82, 2.24) is 0 Å². The smallest absolute Gasteiger partial charge is 0.517 e. The first-order chi connectivity index (χ1) is 45.1. The van der Waals surface area contributed by atoms with Crippen molar-refractivity contribution < 1.29 is 37.2 Å². The monoisotopic (exact) mass is 1320 g/mol. The van der Waals surface area contributed by atoms with E-state index in [2.05, 4.69) is 282 Å². The zero-order valence-electron chi connectivity index (χ0n) is 61.9. The Morgan fingerprint density at radius 3 is 0.556 bits per heavy atom. The van der Waals surface area contributed by atoms with Crippen LogP contribution in [0, 0.1) is 26.7 Å². The second kappa shape index (κ2) is 22.9. The third-order valence-electron chi connectivity index (χ3n) is 23.3. The zero-order valence-corrected chi connectivity index (χ0v) is 61.9. The highest BCUT2D eigenvalue weighted by molar-refractivity contribution is 6.54. The molecule has 4 aliphatic heterocycles. The van der Waals surface area contributed by atoms with Crippen molar-refractivity contribution in [1.29, 1.82) is 0 Å². The highest BCUT2D eigenvalue weighted by Crippen LogP contribution is 2.59. The molecule has 0 unspecified atom stereocenters. The van der Waals surface area contributed by atoms with Gasteiger partial charge in [-0.3, -0.25) is 0 Å². The molecular weight excluding hydrogens is 1220 g/mol. The summed E-state index contributed by atoms with van der Waals surface area (Å²) in [6, 6.07) is 55.3. The van der Waals surface area contributed by atoms with E-state index in [-0.39, 0.29) is 54.8 Å². The summed E-state index contributed by atoms with van der Waals surface area (Å²) >= 11 is 0. The van der Waals surface area contributed by atoms with E-state index in [1.54, 1.807) is 0 Å². The summed E-state index contributed by atoms with van der Waals surface area (Å²) in [5.74, 6) is 7.29.